The standard InChI is InChI=1S/C13H28N2S/c1-5-15-8-6-7-13(9-15)12(3)14-11(2)10-16-4/h11-14H,5-10H2,1-4H3. The summed E-state index contributed by atoms with van der Waals surface area (Å²) < 4.78 is 0. The van der Waals surface area contributed by atoms with Gasteiger partial charge in [-0.25, -0.2) is 0 Å². The minimum Gasteiger partial charge on any atom is -0.311 e. The van der Waals surface area contributed by atoms with E-state index in [-0.39, 0.29) is 0 Å². The van der Waals surface area contributed by atoms with Gasteiger partial charge < -0.3 is 10.2 Å². The summed E-state index contributed by atoms with van der Waals surface area (Å²) in [7, 11) is 0. The van der Waals surface area contributed by atoms with Gasteiger partial charge in [-0.1, -0.05) is 6.92 Å². The normalized spacial score (nSPS) is 26.6. The summed E-state index contributed by atoms with van der Waals surface area (Å²) in [5, 5.41) is 3.75. The Morgan fingerprint density at radius 2 is 2.19 bits per heavy atom. The van der Waals surface area contributed by atoms with Crippen LogP contribution in [0.1, 0.15) is 33.6 Å². The smallest absolute Gasteiger partial charge is 0.0132 e. The Bertz CT molecular complexity index is 187. The van der Waals surface area contributed by atoms with E-state index in [4.69, 9.17) is 0 Å². The van der Waals surface area contributed by atoms with E-state index in [0.717, 1.165) is 5.92 Å². The summed E-state index contributed by atoms with van der Waals surface area (Å²) in [6.45, 7) is 10.7. The number of piperidine rings is 1. The van der Waals surface area contributed by atoms with Crippen molar-refractivity contribution >= 4 is 11.8 Å². The van der Waals surface area contributed by atoms with Gasteiger partial charge in [0.2, 0.25) is 0 Å². The average Bonchev–Trinajstić information content (AvgIpc) is 2.29. The molecule has 0 aromatic rings. The lowest BCUT2D eigenvalue weighted by Crippen LogP contribution is -2.47. The molecule has 1 aliphatic rings. The van der Waals surface area contributed by atoms with E-state index in [1.807, 2.05) is 11.8 Å². The van der Waals surface area contributed by atoms with Crippen LogP contribution in [0.3, 0.4) is 0 Å². The second kappa shape index (κ2) is 7.57. The molecule has 3 unspecified atom stereocenters. The maximum atomic E-state index is 3.75. The second-order valence-corrected chi connectivity index (χ2v) is 6.02. The third-order valence-corrected chi connectivity index (χ3v) is 4.49. The van der Waals surface area contributed by atoms with E-state index in [1.54, 1.807) is 0 Å². The van der Waals surface area contributed by atoms with E-state index in [2.05, 4.69) is 37.2 Å². The molecular weight excluding hydrogens is 216 g/mol. The monoisotopic (exact) mass is 244 g/mol. The highest BCUT2D eigenvalue weighted by Crippen LogP contribution is 2.19. The number of nitrogens with one attached hydrogen (secondary N) is 1. The first kappa shape index (κ1) is 14.3. The van der Waals surface area contributed by atoms with Crippen LogP contribution < -0.4 is 5.32 Å². The molecule has 16 heavy (non-hydrogen) atoms. The lowest BCUT2D eigenvalue weighted by molar-refractivity contribution is 0.154. The molecule has 0 aromatic heterocycles. The minimum absolute atomic E-state index is 0.641. The molecule has 1 aliphatic heterocycles. The molecule has 3 heteroatoms. The summed E-state index contributed by atoms with van der Waals surface area (Å²) in [5.41, 5.74) is 0. The van der Waals surface area contributed by atoms with Crippen LogP contribution in [0.25, 0.3) is 0 Å². The van der Waals surface area contributed by atoms with E-state index in [0.29, 0.717) is 12.1 Å². The Morgan fingerprint density at radius 3 is 2.81 bits per heavy atom. The Morgan fingerprint density at radius 1 is 1.44 bits per heavy atom. The molecule has 0 aromatic carbocycles. The summed E-state index contributed by atoms with van der Waals surface area (Å²) >= 11 is 1.93. The van der Waals surface area contributed by atoms with Gasteiger partial charge in [0.25, 0.3) is 0 Å². The molecule has 0 aliphatic carbocycles. The number of hydrogen-bond donors (Lipinski definition) is 1. The first-order valence-corrected chi connectivity index (χ1v) is 8.04. The highest BCUT2D eigenvalue weighted by Gasteiger charge is 2.24. The molecule has 1 N–H and O–H groups in total. The van der Waals surface area contributed by atoms with Gasteiger partial charge in [0.15, 0.2) is 0 Å². The van der Waals surface area contributed by atoms with E-state index in [1.165, 1.54) is 38.2 Å². The molecule has 0 bridgehead atoms. The molecular formula is C13H28N2S. The van der Waals surface area contributed by atoms with Crippen molar-refractivity contribution in [2.24, 2.45) is 5.92 Å². The molecule has 1 saturated heterocycles. The average molecular weight is 244 g/mol. The summed E-state index contributed by atoms with van der Waals surface area (Å²) in [6, 6.07) is 1.30. The number of nitrogens with zero attached hydrogens (tertiary/aromatic N) is 1. The van der Waals surface area contributed by atoms with E-state index >= 15 is 0 Å². The minimum atomic E-state index is 0.641. The van der Waals surface area contributed by atoms with Crippen LogP contribution in [0.5, 0.6) is 0 Å². The molecule has 1 heterocycles. The van der Waals surface area contributed by atoms with Gasteiger partial charge >= 0.3 is 0 Å². The maximum absolute atomic E-state index is 3.75. The maximum Gasteiger partial charge on any atom is 0.0132 e. The van der Waals surface area contributed by atoms with Crippen LogP contribution in [0.15, 0.2) is 0 Å². The van der Waals surface area contributed by atoms with Crippen molar-refractivity contribution in [1.29, 1.82) is 0 Å². The van der Waals surface area contributed by atoms with Crippen molar-refractivity contribution in [2.45, 2.75) is 45.7 Å². The van der Waals surface area contributed by atoms with Gasteiger partial charge in [0.1, 0.15) is 0 Å². The first-order chi connectivity index (χ1) is 7.67. The quantitative estimate of drug-likeness (QED) is 0.772. The van der Waals surface area contributed by atoms with Crippen molar-refractivity contribution in [1.82, 2.24) is 10.2 Å². The number of rotatable bonds is 6. The molecule has 0 amide bonds. The topological polar surface area (TPSA) is 15.3 Å². The van der Waals surface area contributed by atoms with Gasteiger partial charge in [-0.05, 0) is 52.0 Å². The second-order valence-electron chi connectivity index (χ2n) is 5.11. The van der Waals surface area contributed by atoms with Gasteiger partial charge in [0.05, 0.1) is 0 Å². The molecule has 1 fully saturated rings. The zero-order valence-electron chi connectivity index (χ0n) is 11.3. The summed E-state index contributed by atoms with van der Waals surface area (Å²) in [6.07, 6.45) is 4.96. The first-order valence-electron chi connectivity index (χ1n) is 6.64. The zero-order chi connectivity index (χ0) is 12.0. The molecule has 0 saturated carbocycles. The predicted molar refractivity (Wildman–Crippen MR) is 75.3 cm³/mol. The van der Waals surface area contributed by atoms with Crippen LogP contribution in [0.4, 0.5) is 0 Å². The number of thioether (sulfide) groups is 1. The Labute approximate surface area is 106 Å². The zero-order valence-corrected chi connectivity index (χ0v) is 12.1. The van der Waals surface area contributed by atoms with Crippen LogP contribution in [0, 0.1) is 5.92 Å². The van der Waals surface area contributed by atoms with E-state index in [9.17, 15) is 0 Å². The van der Waals surface area contributed by atoms with E-state index < -0.39 is 0 Å². The fraction of sp³-hybridized carbons (Fsp3) is 1.00. The van der Waals surface area contributed by atoms with Crippen LogP contribution in [0.2, 0.25) is 0 Å². The highest BCUT2D eigenvalue weighted by atomic mass is 32.2. The largest absolute Gasteiger partial charge is 0.311 e. The fourth-order valence-corrected chi connectivity index (χ4v) is 3.27. The highest BCUT2D eigenvalue weighted by molar-refractivity contribution is 7.98. The predicted octanol–water partition coefficient (Wildman–Crippen LogP) is 2.45. The third-order valence-electron chi connectivity index (χ3n) is 3.66. The molecule has 0 radical (unpaired) electrons. The van der Waals surface area contributed by atoms with Crippen LogP contribution in [-0.2, 0) is 0 Å². The number of likely N-dealkylation sites (tertiary alicyclic amines) is 1. The molecule has 1 rings (SSSR count). The lowest BCUT2D eigenvalue weighted by Gasteiger charge is -2.36. The fourth-order valence-electron chi connectivity index (χ4n) is 2.67. The lowest BCUT2D eigenvalue weighted by atomic mass is 9.91. The van der Waals surface area contributed by atoms with Crippen molar-refractivity contribution in [3.63, 3.8) is 0 Å². The molecule has 3 atom stereocenters. The van der Waals surface area contributed by atoms with Crippen LogP contribution >= 0.6 is 11.8 Å². The molecule has 96 valence electrons. The van der Waals surface area contributed by atoms with Crippen molar-refractivity contribution in [3.8, 4) is 0 Å². The Kier molecular flexibility index (Phi) is 6.78. The molecule has 2 nitrogen and oxygen atoms in total. The van der Waals surface area contributed by atoms with Gasteiger partial charge in [-0.3, -0.25) is 0 Å². The number of hydrogen-bond acceptors (Lipinski definition) is 3. The van der Waals surface area contributed by atoms with Gasteiger partial charge in [-0.2, -0.15) is 11.8 Å². The Hall–Kier alpha value is 0.270. The SMILES string of the molecule is CCN1CCCC(C(C)NC(C)CSC)C1. The van der Waals surface area contributed by atoms with Gasteiger partial charge in [-0.15, -0.1) is 0 Å². The Balaban J connectivity index is 2.32. The summed E-state index contributed by atoms with van der Waals surface area (Å²) in [4.78, 5) is 2.59. The molecule has 0 spiro atoms. The van der Waals surface area contributed by atoms with Crippen molar-refractivity contribution in [3.05, 3.63) is 0 Å². The van der Waals surface area contributed by atoms with Crippen molar-refractivity contribution in [2.75, 3.05) is 31.6 Å². The third kappa shape index (κ3) is 4.64. The van der Waals surface area contributed by atoms with Crippen LogP contribution in [-0.4, -0.2) is 48.6 Å². The summed E-state index contributed by atoms with van der Waals surface area (Å²) in [5.74, 6) is 2.06. The van der Waals surface area contributed by atoms with Gasteiger partial charge in [0, 0.05) is 24.4 Å². The van der Waals surface area contributed by atoms with Crippen molar-refractivity contribution < 1.29 is 0 Å².